The van der Waals surface area contributed by atoms with Crippen molar-refractivity contribution in [2.75, 3.05) is 19.6 Å². The Morgan fingerprint density at radius 2 is 1.87 bits per heavy atom. The topological polar surface area (TPSA) is 25.4 Å². The lowest BCUT2D eigenvalue weighted by Gasteiger charge is -2.44. The van der Waals surface area contributed by atoms with Crippen molar-refractivity contribution in [2.45, 2.75) is 32.8 Å². The van der Waals surface area contributed by atoms with Crippen LogP contribution in [0.3, 0.4) is 0 Å². The zero-order valence-electron chi connectivity index (χ0n) is 14.0. The maximum absolute atomic E-state index is 6.22. The fraction of sp³-hybridized carbons (Fsp3) is 0.450. The maximum Gasteiger partial charge on any atom is 0.138 e. The highest BCUT2D eigenvalue weighted by atomic mass is 16.5. The van der Waals surface area contributed by atoms with Crippen LogP contribution in [0.15, 0.2) is 36.5 Å². The van der Waals surface area contributed by atoms with Crippen LogP contribution in [0, 0.1) is 19.8 Å². The van der Waals surface area contributed by atoms with Crippen LogP contribution in [-0.2, 0) is 0 Å². The summed E-state index contributed by atoms with van der Waals surface area (Å²) in [5, 5.41) is 0. The molecule has 3 fully saturated rings. The van der Waals surface area contributed by atoms with E-state index in [9.17, 15) is 0 Å². The van der Waals surface area contributed by atoms with Crippen molar-refractivity contribution >= 4 is 0 Å². The third-order valence-electron chi connectivity index (χ3n) is 5.42. The molecule has 3 aliphatic heterocycles. The summed E-state index contributed by atoms with van der Waals surface area (Å²) >= 11 is 0. The third-order valence-corrected chi connectivity index (χ3v) is 5.42. The summed E-state index contributed by atoms with van der Waals surface area (Å²) in [7, 11) is 0. The van der Waals surface area contributed by atoms with Gasteiger partial charge in [0.15, 0.2) is 0 Å². The molecule has 3 saturated heterocycles. The summed E-state index contributed by atoms with van der Waals surface area (Å²) in [6, 6.07) is 10.6. The molecule has 0 amide bonds. The molecule has 120 valence electrons. The number of benzene rings is 1. The zero-order valence-corrected chi connectivity index (χ0v) is 14.0. The van der Waals surface area contributed by atoms with Crippen molar-refractivity contribution in [3.63, 3.8) is 0 Å². The van der Waals surface area contributed by atoms with E-state index in [1.807, 2.05) is 6.20 Å². The van der Waals surface area contributed by atoms with E-state index in [1.54, 1.807) is 0 Å². The minimum atomic E-state index is 0.340. The van der Waals surface area contributed by atoms with Gasteiger partial charge in [0, 0.05) is 12.1 Å². The highest BCUT2D eigenvalue weighted by Gasteiger charge is 2.35. The van der Waals surface area contributed by atoms with E-state index in [0.29, 0.717) is 6.10 Å². The molecule has 3 aliphatic rings. The largest absolute Gasteiger partial charge is 0.487 e. The lowest BCUT2D eigenvalue weighted by atomic mass is 9.86. The molecule has 0 saturated carbocycles. The van der Waals surface area contributed by atoms with E-state index in [2.05, 4.69) is 54.1 Å². The number of aromatic nitrogens is 1. The summed E-state index contributed by atoms with van der Waals surface area (Å²) in [4.78, 5) is 7.12. The molecule has 0 radical (unpaired) electrons. The normalized spacial score (nSPS) is 26.3. The summed E-state index contributed by atoms with van der Waals surface area (Å²) in [5.74, 6) is 1.62. The van der Waals surface area contributed by atoms with Gasteiger partial charge in [0.05, 0.1) is 11.9 Å². The number of nitrogens with zero attached hydrogens (tertiary/aromatic N) is 2. The van der Waals surface area contributed by atoms with E-state index in [-0.39, 0.29) is 0 Å². The first-order chi connectivity index (χ1) is 11.2. The Bertz CT molecular complexity index is 687. The van der Waals surface area contributed by atoms with Gasteiger partial charge < -0.3 is 4.74 Å². The van der Waals surface area contributed by atoms with Crippen LogP contribution in [0.2, 0.25) is 0 Å². The lowest BCUT2D eigenvalue weighted by Crippen LogP contribution is -2.52. The molecule has 23 heavy (non-hydrogen) atoms. The second kappa shape index (κ2) is 5.97. The molecule has 5 rings (SSSR count). The van der Waals surface area contributed by atoms with Crippen molar-refractivity contribution in [1.29, 1.82) is 0 Å². The van der Waals surface area contributed by atoms with E-state index >= 15 is 0 Å². The lowest BCUT2D eigenvalue weighted by molar-refractivity contribution is -0.00791. The molecule has 4 heterocycles. The predicted octanol–water partition coefficient (Wildman–Crippen LogP) is 3.84. The number of rotatable bonds is 3. The number of piperidine rings is 3. The van der Waals surface area contributed by atoms with Gasteiger partial charge in [-0.3, -0.25) is 9.88 Å². The Kier molecular flexibility index (Phi) is 3.82. The smallest absolute Gasteiger partial charge is 0.138 e. The molecule has 3 nitrogen and oxygen atoms in total. The van der Waals surface area contributed by atoms with Crippen LogP contribution in [0.4, 0.5) is 0 Å². The predicted molar refractivity (Wildman–Crippen MR) is 92.7 cm³/mol. The van der Waals surface area contributed by atoms with Gasteiger partial charge in [0.1, 0.15) is 11.9 Å². The third kappa shape index (κ3) is 2.98. The molecule has 1 aromatic heterocycles. The summed E-state index contributed by atoms with van der Waals surface area (Å²) in [6.07, 6.45) is 4.77. The molecule has 0 N–H and O–H groups in total. The summed E-state index contributed by atoms with van der Waals surface area (Å²) in [5.41, 5.74) is 4.80. The Morgan fingerprint density at radius 3 is 2.48 bits per heavy atom. The molecule has 0 spiro atoms. The molecule has 1 atom stereocenters. The summed E-state index contributed by atoms with van der Waals surface area (Å²) < 4.78 is 6.22. The average Bonchev–Trinajstić information content (AvgIpc) is 2.59. The highest BCUT2D eigenvalue weighted by Crippen LogP contribution is 2.31. The minimum Gasteiger partial charge on any atom is -0.487 e. The summed E-state index contributed by atoms with van der Waals surface area (Å²) in [6.45, 7) is 7.84. The number of aryl methyl sites for hydroxylation is 2. The van der Waals surface area contributed by atoms with Crippen LogP contribution < -0.4 is 4.74 Å². The fourth-order valence-corrected chi connectivity index (χ4v) is 3.74. The van der Waals surface area contributed by atoms with Gasteiger partial charge >= 0.3 is 0 Å². The first-order valence-electron chi connectivity index (χ1n) is 8.62. The number of hydrogen-bond donors (Lipinski definition) is 0. The molecule has 0 unspecified atom stereocenters. The van der Waals surface area contributed by atoms with E-state index < -0.39 is 0 Å². The minimum absolute atomic E-state index is 0.340. The van der Waals surface area contributed by atoms with Gasteiger partial charge in [0.25, 0.3) is 0 Å². The molecule has 2 aromatic rings. The fourth-order valence-electron chi connectivity index (χ4n) is 3.74. The Morgan fingerprint density at radius 1 is 1.04 bits per heavy atom. The van der Waals surface area contributed by atoms with Crippen molar-refractivity contribution < 1.29 is 4.74 Å². The first kappa shape index (κ1) is 14.7. The van der Waals surface area contributed by atoms with Crippen LogP contribution >= 0.6 is 0 Å². The van der Waals surface area contributed by atoms with Gasteiger partial charge in [-0.2, -0.15) is 0 Å². The van der Waals surface area contributed by atoms with E-state index in [1.165, 1.54) is 42.6 Å². The van der Waals surface area contributed by atoms with Crippen molar-refractivity contribution in [2.24, 2.45) is 5.92 Å². The Labute approximate surface area is 138 Å². The Hall–Kier alpha value is -1.87. The highest BCUT2D eigenvalue weighted by molar-refractivity contribution is 5.61. The number of ether oxygens (including phenoxy) is 1. The molecular formula is C20H24N2O. The maximum atomic E-state index is 6.22. The van der Waals surface area contributed by atoms with Crippen molar-refractivity contribution in [1.82, 2.24) is 9.88 Å². The molecule has 0 aliphatic carbocycles. The average molecular weight is 308 g/mol. The number of pyridine rings is 1. The van der Waals surface area contributed by atoms with Crippen molar-refractivity contribution in [3.8, 4) is 17.0 Å². The molecule has 1 aromatic carbocycles. The molecular weight excluding hydrogens is 284 g/mol. The monoisotopic (exact) mass is 308 g/mol. The first-order valence-corrected chi connectivity index (χ1v) is 8.62. The van der Waals surface area contributed by atoms with Crippen LogP contribution in [0.1, 0.15) is 24.0 Å². The number of hydrogen-bond acceptors (Lipinski definition) is 3. The van der Waals surface area contributed by atoms with Crippen molar-refractivity contribution in [3.05, 3.63) is 47.7 Å². The second-order valence-corrected chi connectivity index (χ2v) is 6.97. The van der Waals surface area contributed by atoms with Gasteiger partial charge in [0.2, 0.25) is 0 Å². The van der Waals surface area contributed by atoms with Gasteiger partial charge in [-0.05, 0) is 75.0 Å². The van der Waals surface area contributed by atoms with Gasteiger partial charge in [-0.15, -0.1) is 0 Å². The zero-order chi connectivity index (χ0) is 15.8. The SMILES string of the molecule is Cc1ccc(-c2ccc(O[C@H]3CN4CCC3CC4)cn2)cc1C. The van der Waals surface area contributed by atoms with Crippen LogP contribution in [0.5, 0.6) is 5.75 Å². The standard InChI is InChI=1S/C20H24N2O/c1-14-3-4-17(11-15(14)2)19-6-5-18(12-21-19)23-20-13-22-9-7-16(20)8-10-22/h3-6,11-12,16,20H,7-10,13H2,1-2H3/t20-/m0/s1. The van der Waals surface area contributed by atoms with Crippen LogP contribution in [-0.4, -0.2) is 35.6 Å². The quantitative estimate of drug-likeness (QED) is 0.861. The number of fused-ring (bicyclic) bond motifs is 3. The molecule has 3 heteroatoms. The van der Waals surface area contributed by atoms with Gasteiger partial charge in [-0.25, -0.2) is 0 Å². The molecule has 2 bridgehead atoms. The van der Waals surface area contributed by atoms with Crippen LogP contribution in [0.25, 0.3) is 11.3 Å². The van der Waals surface area contributed by atoms with E-state index in [4.69, 9.17) is 4.74 Å². The second-order valence-electron chi connectivity index (χ2n) is 6.97. The Balaban J connectivity index is 1.48. The van der Waals surface area contributed by atoms with E-state index in [0.717, 1.165) is 23.9 Å². The van der Waals surface area contributed by atoms with Gasteiger partial charge in [-0.1, -0.05) is 12.1 Å².